The summed E-state index contributed by atoms with van der Waals surface area (Å²) in [5, 5.41) is 3.51. The molecule has 0 atom stereocenters. The summed E-state index contributed by atoms with van der Waals surface area (Å²) >= 11 is 6.71. The summed E-state index contributed by atoms with van der Waals surface area (Å²) in [7, 11) is -2.10. The highest BCUT2D eigenvalue weighted by molar-refractivity contribution is 7.01. The molecular weight excluding hydrogens is 416 g/mol. The lowest BCUT2D eigenvalue weighted by molar-refractivity contribution is 0.300. The smallest absolute Gasteiger partial charge is 0.123 e. The lowest BCUT2D eigenvalue weighted by atomic mass is 9.86. The molecule has 1 aliphatic carbocycles. The molecule has 31 heavy (non-hydrogen) atoms. The molecule has 0 unspecified atom stereocenters. The molecule has 0 fully saturated rings. The Morgan fingerprint density at radius 1 is 0.935 bits per heavy atom. The quantitative estimate of drug-likeness (QED) is 0.400. The van der Waals surface area contributed by atoms with Gasteiger partial charge in [-0.25, -0.2) is 0 Å². The number of fused-ring (bicyclic) bond motifs is 1. The first-order chi connectivity index (χ1) is 14.7. The lowest BCUT2D eigenvalue weighted by Gasteiger charge is -2.32. The zero-order valence-corrected chi connectivity index (χ0v) is 20.9. The van der Waals surface area contributed by atoms with E-state index in [0.29, 0.717) is 6.61 Å². The van der Waals surface area contributed by atoms with Crippen molar-refractivity contribution < 1.29 is 4.74 Å². The van der Waals surface area contributed by atoms with Gasteiger partial charge in [0.1, 0.15) is 20.4 Å². The molecular formula is C28H31ClOSi. The topological polar surface area (TPSA) is 9.23 Å². The van der Waals surface area contributed by atoms with Crippen molar-refractivity contribution in [3.8, 4) is 5.75 Å². The van der Waals surface area contributed by atoms with E-state index >= 15 is 0 Å². The monoisotopic (exact) mass is 446 g/mol. The largest absolute Gasteiger partial charge is 0.489 e. The zero-order chi connectivity index (χ0) is 22.2. The van der Waals surface area contributed by atoms with Gasteiger partial charge in [0.15, 0.2) is 0 Å². The van der Waals surface area contributed by atoms with Crippen LogP contribution in [0.1, 0.15) is 43.0 Å². The van der Waals surface area contributed by atoms with Crippen molar-refractivity contribution in [2.24, 2.45) is 0 Å². The Morgan fingerprint density at radius 3 is 2.39 bits per heavy atom. The molecule has 0 heterocycles. The van der Waals surface area contributed by atoms with Gasteiger partial charge >= 0.3 is 0 Å². The van der Waals surface area contributed by atoms with E-state index in [2.05, 4.69) is 101 Å². The van der Waals surface area contributed by atoms with Crippen molar-refractivity contribution in [2.75, 3.05) is 0 Å². The van der Waals surface area contributed by atoms with Crippen molar-refractivity contribution in [3.05, 3.63) is 94.0 Å². The number of benzene rings is 3. The van der Waals surface area contributed by atoms with Gasteiger partial charge in [-0.15, -0.1) is 0 Å². The van der Waals surface area contributed by atoms with Crippen LogP contribution in [0.5, 0.6) is 5.75 Å². The van der Waals surface area contributed by atoms with Gasteiger partial charge in [-0.3, -0.25) is 0 Å². The predicted molar refractivity (Wildman–Crippen MR) is 137 cm³/mol. The van der Waals surface area contributed by atoms with Crippen LogP contribution in [-0.4, -0.2) is 8.07 Å². The molecule has 4 rings (SSSR count). The molecule has 1 aliphatic rings. The summed E-state index contributed by atoms with van der Waals surface area (Å²) in [5.41, 5.74) is 5.09. The molecule has 0 saturated heterocycles. The normalized spacial score (nSPS) is 13.4. The van der Waals surface area contributed by atoms with Crippen molar-refractivity contribution >= 4 is 36.1 Å². The molecule has 1 nitrogen and oxygen atoms in total. The van der Waals surface area contributed by atoms with Gasteiger partial charge in [0.05, 0.1) is 0 Å². The van der Waals surface area contributed by atoms with Gasteiger partial charge in [0, 0.05) is 10.6 Å². The maximum absolute atomic E-state index is 6.71. The van der Waals surface area contributed by atoms with Crippen LogP contribution < -0.4 is 15.1 Å². The minimum Gasteiger partial charge on any atom is -0.489 e. The summed E-state index contributed by atoms with van der Waals surface area (Å²) in [6.07, 6.45) is 5.58. The highest BCUT2D eigenvalue weighted by Gasteiger charge is 2.35. The molecule has 0 aliphatic heterocycles. The fraction of sp³-hybridized carbons (Fsp3) is 0.286. The highest BCUT2D eigenvalue weighted by Crippen LogP contribution is 2.35. The van der Waals surface area contributed by atoms with Gasteiger partial charge in [-0.2, -0.15) is 0 Å². The number of halogens is 1. The first kappa shape index (κ1) is 21.9. The predicted octanol–water partition coefficient (Wildman–Crippen LogP) is 6.61. The van der Waals surface area contributed by atoms with E-state index in [-0.39, 0.29) is 5.41 Å². The Balaban J connectivity index is 1.87. The summed E-state index contributed by atoms with van der Waals surface area (Å²) in [4.78, 5) is 0. The van der Waals surface area contributed by atoms with Crippen molar-refractivity contribution in [2.45, 2.75) is 52.3 Å². The van der Waals surface area contributed by atoms with Crippen LogP contribution in [0.15, 0.2) is 66.7 Å². The average molecular weight is 447 g/mol. The van der Waals surface area contributed by atoms with E-state index in [4.69, 9.17) is 16.3 Å². The summed E-state index contributed by atoms with van der Waals surface area (Å²) in [6.45, 7) is 12.1. The van der Waals surface area contributed by atoms with Crippen LogP contribution in [0.2, 0.25) is 18.1 Å². The molecule has 0 radical (unpaired) electrons. The average Bonchev–Trinajstić information content (AvgIpc) is 3.21. The maximum Gasteiger partial charge on any atom is 0.123 e. The van der Waals surface area contributed by atoms with Crippen molar-refractivity contribution in [1.29, 1.82) is 0 Å². The first-order valence-corrected chi connectivity index (χ1v) is 14.4. The second kappa shape index (κ2) is 8.33. The second-order valence-electron chi connectivity index (χ2n) is 9.96. The van der Waals surface area contributed by atoms with Gasteiger partial charge < -0.3 is 4.74 Å². The Bertz CT molecular complexity index is 1120. The molecule has 0 spiro atoms. The highest BCUT2D eigenvalue weighted by atomic mass is 35.5. The number of hydrogen-bond acceptors (Lipinski definition) is 1. The molecule has 3 aromatic carbocycles. The van der Waals surface area contributed by atoms with Crippen LogP contribution in [0.25, 0.3) is 6.08 Å². The third-order valence-electron chi connectivity index (χ3n) is 6.25. The van der Waals surface area contributed by atoms with Crippen LogP contribution >= 0.6 is 11.6 Å². The Labute approximate surface area is 192 Å². The number of allylic oxidation sites excluding steroid dienone is 1. The third-order valence-corrected chi connectivity index (χ3v) is 9.97. The van der Waals surface area contributed by atoms with E-state index in [0.717, 1.165) is 17.2 Å². The van der Waals surface area contributed by atoms with Gasteiger partial charge in [-0.1, -0.05) is 106 Å². The van der Waals surface area contributed by atoms with Crippen LogP contribution in [0.4, 0.5) is 0 Å². The van der Waals surface area contributed by atoms with E-state index in [1.807, 2.05) is 6.07 Å². The Morgan fingerprint density at radius 2 is 1.68 bits per heavy atom. The second-order valence-corrected chi connectivity index (χ2v) is 14.7. The number of ether oxygens (including phenoxy) is 1. The minimum atomic E-state index is -2.10. The van der Waals surface area contributed by atoms with Gasteiger partial charge in [-0.05, 0) is 51.0 Å². The van der Waals surface area contributed by atoms with Crippen molar-refractivity contribution in [3.63, 3.8) is 0 Å². The lowest BCUT2D eigenvalue weighted by Crippen LogP contribution is -2.54. The third kappa shape index (κ3) is 4.37. The fourth-order valence-electron chi connectivity index (χ4n) is 4.48. The van der Waals surface area contributed by atoms with E-state index in [1.165, 1.54) is 32.6 Å². The van der Waals surface area contributed by atoms with Crippen molar-refractivity contribution in [1.82, 2.24) is 0 Å². The van der Waals surface area contributed by atoms with E-state index in [9.17, 15) is 0 Å². The number of rotatable bonds is 5. The fourth-order valence-corrected chi connectivity index (χ4v) is 7.80. The Kier molecular flexibility index (Phi) is 5.89. The first-order valence-electron chi connectivity index (χ1n) is 11.0. The number of hydrogen-bond donors (Lipinski definition) is 0. The van der Waals surface area contributed by atoms with Crippen LogP contribution in [0, 0.1) is 0 Å². The molecule has 160 valence electrons. The molecule has 0 bridgehead atoms. The molecule has 0 aromatic heterocycles. The molecule has 0 amide bonds. The van der Waals surface area contributed by atoms with E-state index < -0.39 is 8.07 Å². The van der Waals surface area contributed by atoms with Crippen LogP contribution in [-0.2, 0) is 18.4 Å². The van der Waals surface area contributed by atoms with Crippen LogP contribution in [0.3, 0.4) is 0 Å². The molecule has 3 aromatic rings. The van der Waals surface area contributed by atoms with Gasteiger partial charge in [0.25, 0.3) is 0 Å². The summed E-state index contributed by atoms with van der Waals surface area (Å²) < 4.78 is 6.62. The molecule has 0 N–H and O–H groups in total. The molecule has 0 saturated carbocycles. The molecule has 3 heteroatoms. The van der Waals surface area contributed by atoms with E-state index in [1.54, 1.807) is 0 Å². The minimum absolute atomic E-state index is 0.0747. The summed E-state index contributed by atoms with van der Waals surface area (Å²) in [5.74, 6) is 1.01. The Hall–Kier alpha value is -2.29. The SMILES string of the molecule is CC(C)(C)c1cc(Cl)cc([Si](C)(C)c2cccc3c2C=CC3)c1OCc1ccccc1. The maximum atomic E-state index is 6.71. The standard InChI is InChI=1S/C28H31ClOSi/c1-28(2,3)24-17-22(29)18-26(27(24)30-19-20-11-7-6-8-12-20)31(4,5)25-16-10-14-21-13-9-15-23(21)25/h6-12,14-18H,13,19H2,1-5H3. The van der Waals surface area contributed by atoms with Gasteiger partial charge in [0.2, 0.25) is 0 Å². The zero-order valence-electron chi connectivity index (χ0n) is 19.1. The summed E-state index contributed by atoms with van der Waals surface area (Å²) in [6, 6.07) is 21.4.